The molecule has 0 atom stereocenters. The average molecular weight is 190 g/mol. The highest BCUT2D eigenvalue weighted by atomic mass is 35.5. The molecule has 0 heterocycles. The molecule has 2 N–H and O–H groups in total. The van der Waals surface area contributed by atoms with Gasteiger partial charge in [0.1, 0.15) is 5.82 Å². The van der Waals surface area contributed by atoms with E-state index in [2.05, 4.69) is 0 Å². The van der Waals surface area contributed by atoms with Gasteiger partial charge < -0.3 is 0 Å². The van der Waals surface area contributed by atoms with E-state index in [1.54, 1.807) is 0 Å². The molecule has 0 fully saturated rings. The van der Waals surface area contributed by atoms with Crippen LogP contribution >= 0.6 is 11.6 Å². The first kappa shape index (κ1) is 8.96. The van der Waals surface area contributed by atoms with Crippen molar-refractivity contribution in [1.82, 2.24) is 5.48 Å². The summed E-state index contributed by atoms with van der Waals surface area (Å²) in [6.07, 6.45) is 0. The van der Waals surface area contributed by atoms with Gasteiger partial charge in [0.15, 0.2) is 0 Å². The smallest absolute Gasteiger partial charge is 0.279 e. The van der Waals surface area contributed by atoms with Crippen molar-refractivity contribution in [3.8, 4) is 0 Å². The van der Waals surface area contributed by atoms with Crippen LogP contribution in [-0.4, -0.2) is 11.1 Å². The maximum Gasteiger partial charge on any atom is 0.279 e. The highest BCUT2D eigenvalue weighted by molar-refractivity contribution is 6.33. The van der Waals surface area contributed by atoms with Crippen molar-refractivity contribution in [2.24, 2.45) is 0 Å². The van der Waals surface area contributed by atoms with Crippen molar-refractivity contribution in [1.29, 1.82) is 0 Å². The van der Waals surface area contributed by atoms with Crippen molar-refractivity contribution in [2.45, 2.75) is 0 Å². The number of carbonyl (C=O) groups is 1. The van der Waals surface area contributed by atoms with Crippen LogP contribution in [0.5, 0.6) is 0 Å². The van der Waals surface area contributed by atoms with Gasteiger partial charge in [0, 0.05) is 0 Å². The summed E-state index contributed by atoms with van der Waals surface area (Å²) in [5.41, 5.74) is 0.940. The van der Waals surface area contributed by atoms with Gasteiger partial charge in [0.25, 0.3) is 5.91 Å². The molecule has 1 rings (SSSR count). The summed E-state index contributed by atoms with van der Waals surface area (Å²) < 4.78 is 12.8. The number of hydrogen-bond acceptors (Lipinski definition) is 2. The van der Waals surface area contributed by atoms with Gasteiger partial charge in [-0.05, 0) is 12.1 Å². The minimum absolute atomic E-state index is 0.0402. The number of carbonyl (C=O) groups excluding carboxylic acids is 1. The number of hydrogen-bond donors (Lipinski definition) is 2. The van der Waals surface area contributed by atoms with Gasteiger partial charge >= 0.3 is 0 Å². The van der Waals surface area contributed by atoms with E-state index in [0.29, 0.717) is 0 Å². The number of hydroxylamine groups is 1. The standard InChI is InChI=1S/C7H5ClFNO2/c8-4-2-1-3-5(9)6(4)7(11)10-12/h1-3,12H,(H,10,11). The van der Waals surface area contributed by atoms with Crippen LogP contribution in [0.2, 0.25) is 5.02 Å². The van der Waals surface area contributed by atoms with Crippen LogP contribution < -0.4 is 5.48 Å². The Kier molecular flexibility index (Phi) is 2.62. The number of rotatable bonds is 1. The zero-order valence-electron chi connectivity index (χ0n) is 5.84. The van der Waals surface area contributed by atoms with E-state index in [1.165, 1.54) is 17.6 Å². The molecule has 1 aromatic carbocycles. The van der Waals surface area contributed by atoms with Crippen molar-refractivity contribution in [3.05, 3.63) is 34.6 Å². The van der Waals surface area contributed by atoms with E-state index in [9.17, 15) is 9.18 Å². The molecule has 1 aromatic rings. The molecule has 5 heteroatoms. The van der Waals surface area contributed by atoms with Gasteiger partial charge in [-0.15, -0.1) is 0 Å². The molecule has 1 amide bonds. The zero-order chi connectivity index (χ0) is 9.14. The molecule has 0 unspecified atom stereocenters. The number of halogens is 2. The van der Waals surface area contributed by atoms with Crippen LogP contribution in [0.15, 0.2) is 18.2 Å². The van der Waals surface area contributed by atoms with Crippen LogP contribution in [0, 0.1) is 5.82 Å². The lowest BCUT2D eigenvalue weighted by Crippen LogP contribution is -2.20. The summed E-state index contributed by atoms with van der Waals surface area (Å²) >= 11 is 5.49. The Hall–Kier alpha value is -1.13. The summed E-state index contributed by atoms with van der Waals surface area (Å²) in [5.74, 6) is -1.73. The zero-order valence-corrected chi connectivity index (χ0v) is 6.60. The predicted molar refractivity (Wildman–Crippen MR) is 40.7 cm³/mol. The average Bonchev–Trinajstić information content (AvgIpc) is 2.03. The summed E-state index contributed by atoms with van der Waals surface area (Å²) in [4.78, 5) is 10.8. The first-order valence-corrected chi connectivity index (χ1v) is 3.43. The molecule has 0 saturated carbocycles. The maximum absolute atomic E-state index is 12.8. The second-order valence-corrected chi connectivity index (χ2v) is 2.44. The maximum atomic E-state index is 12.8. The summed E-state index contributed by atoms with van der Waals surface area (Å²) in [6.45, 7) is 0. The molecule has 64 valence electrons. The molecule has 0 bridgehead atoms. The van der Waals surface area contributed by atoms with E-state index >= 15 is 0 Å². The van der Waals surface area contributed by atoms with Crippen molar-refractivity contribution in [2.75, 3.05) is 0 Å². The molecule has 0 aliphatic carbocycles. The van der Waals surface area contributed by atoms with Crippen LogP contribution in [-0.2, 0) is 0 Å². The lowest BCUT2D eigenvalue weighted by Gasteiger charge is -2.01. The van der Waals surface area contributed by atoms with Crippen molar-refractivity contribution < 1.29 is 14.4 Å². The van der Waals surface area contributed by atoms with Crippen molar-refractivity contribution >= 4 is 17.5 Å². The Morgan fingerprint density at radius 2 is 2.25 bits per heavy atom. The Bertz CT molecular complexity index is 296. The fraction of sp³-hybridized carbons (Fsp3) is 0. The minimum atomic E-state index is -0.960. The third-order valence-corrected chi connectivity index (χ3v) is 1.61. The van der Waals surface area contributed by atoms with E-state index in [0.717, 1.165) is 6.07 Å². The summed E-state index contributed by atoms with van der Waals surface area (Å²) in [5, 5.41) is 8.17. The first-order valence-electron chi connectivity index (χ1n) is 3.05. The predicted octanol–water partition coefficient (Wildman–Crippen LogP) is 1.60. The highest BCUT2D eigenvalue weighted by Gasteiger charge is 2.14. The number of benzene rings is 1. The minimum Gasteiger partial charge on any atom is -0.288 e. The molecule has 0 aromatic heterocycles. The molecular formula is C7H5ClFNO2. The lowest BCUT2D eigenvalue weighted by molar-refractivity contribution is 0.0702. The molecule has 0 spiro atoms. The summed E-state index contributed by atoms with van der Waals surface area (Å²) in [6, 6.07) is 3.80. The van der Waals surface area contributed by atoms with Gasteiger partial charge in [-0.3, -0.25) is 10.0 Å². The van der Waals surface area contributed by atoms with E-state index < -0.39 is 11.7 Å². The van der Waals surface area contributed by atoms with Gasteiger partial charge in [0.05, 0.1) is 10.6 Å². The number of nitrogens with one attached hydrogen (secondary N) is 1. The SMILES string of the molecule is O=C(NO)c1c(F)cccc1Cl. The van der Waals surface area contributed by atoms with Gasteiger partial charge in [-0.2, -0.15) is 0 Å². The third-order valence-electron chi connectivity index (χ3n) is 1.29. The largest absolute Gasteiger partial charge is 0.288 e. The summed E-state index contributed by atoms with van der Waals surface area (Å²) in [7, 11) is 0. The van der Waals surface area contributed by atoms with E-state index in [4.69, 9.17) is 16.8 Å². The molecule has 0 aliphatic heterocycles. The highest BCUT2D eigenvalue weighted by Crippen LogP contribution is 2.18. The monoisotopic (exact) mass is 189 g/mol. The Balaban J connectivity index is 3.21. The molecular weight excluding hydrogens is 185 g/mol. The topological polar surface area (TPSA) is 49.3 Å². The van der Waals surface area contributed by atoms with Crippen LogP contribution in [0.1, 0.15) is 10.4 Å². The van der Waals surface area contributed by atoms with E-state index in [-0.39, 0.29) is 10.6 Å². The van der Waals surface area contributed by atoms with Crippen LogP contribution in [0.3, 0.4) is 0 Å². The van der Waals surface area contributed by atoms with Crippen molar-refractivity contribution in [3.63, 3.8) is 0 Å². The molecule has 3 nitrogen and oxygen atoms in total. The van der Waals surface area contributed by atoms with Crippen LogP contribution in [0.4, 0.5) is 4.39 Å². The quantitative estimate of drug-likeness (QED) is 0.521. The van der Waals surface area contributed by atoms with Crippen LogP contribution in [0.25, 0.3) is 0 Å². The Morgan fingerprint density at radius 1 is 1.58 bits per heavy atom. The third kappa shape index (κ3) is 1.54. The number of amides is 1. The Labute approximate surface area is 72.7 Å². The second-order valence-electron chi connectivity index (χ2n) is 2.04. The molecule has 0 radical (unpaired) electrons. The fourth-order valence-electron chi connectivity index (χ4n) is 0.771. The molecule has 0 aliphatic rings. The Morgan fingerprint density at radius 3 is 2.75 bits per heavy atom. The fourth-order valence-corrected chi connectivity index (χ4v) is 1.02. The van der Waals surface area contributed by atoms with Gasteiger partial charge in [-0.25, -0.2) is 9.87 Å². The van der Waals surface area contributed by atoms with Gasteiger partial charge in [0.2, 0.25) is 0 Å². The molecule has 12 heavy (non-hydrogen) atoms. The molecule has 0 saturated heterocycles. The van der Waals surface area contributed by atoms with Gasteiger partial charge in [-0.1, -0.05) is 17.7 Å². The lowest BCUT2D eigenvalue weighted by atomic mass is 10.2. The van der Waals surface area contributed by atoms with E-state index in [1.807, 2.05) is 0 Å². The first-order chi connectivity index (χ1) is 5.66. The second kappa shape index (κ2) is 3.51. The normalized spacial score (nSPS) is 9.58.